The molecule has 18 heavy (non-hydrogen) atoms. The molecule has 1 N–H and O–H groups in total. The van der Waals surface area contributed by atoms with Crippen molar-refractivity contribution in [3.05, 3.63) is 34.6 Å². The lowest BCUT2D eigenvalue weighted by Gasteiger charge is -2.22. The quantitative estimate of drug-likeness (QED) is 0.789. The molecule has 1 aliphatic carbocycles. The maximum Gasteiger partial charge on any atom is 0.141 e. The van der Waals surface area contributed by atoms with E-state index >= 15 is 0 Å². The molecule has 0 aromatic heterocycles. The van der Waals surface area contributed by atoms with Crippen LogP contribution in [-0.2, 0) is 0 Å². The SMILES string of the molecule is CCC(CC1CC1)NC(C)c1ccc(F)c(Cl)c1. The van der Waals surface area contributed by atoms with Crippen LogP contribution in [0.1, 0.15) is 51.1 Å². The number of nitrogens with one attached hydrogen (secondary N) is 1. The van der Waals surface area contributed by atoms with Crippen molar-refractivity contribution in [3.8, 4) is 0 Å². The van der Waals surface area contributed by atoms with E-state index in [-0.39, 0.29) is 16.9 Å². The monoisotopic (exact) mass is 269 g/mol. The number of benzene rings is 1. The average Bonchev–Trinajstić information content (AvgIpc) is 3.15. The molecule has 0 aliphatic heterocycles. The lowest BCUT2D eigenvalue weighted by atomic mass is 10.0. The van der Waals surface area contributed by atoms with Gasteiger partial charge in [-0.05, 0) is 43.4 Å². The first kappa shape index (κ1) is 13.8. The molecule has 1 nitrogen and oxygen atoms in total. The van der Waals surface area contributed by atoms with Crippen molar-refractivity contribution in [2.45, 2.75) is 51.6 Å². The summed E-state index contributed by atoms with van der Waals surface area (Å²) < 4.78 is 13.1. The van der Waals surface area contributed by atoms with Crippen molar-refractivity contribution in [3.63, 3.8) is 0 Å². The molecule has 0 heterocycles. The van der Waals surface area contributed by atoms with E-state index in [9.17, 15) is 4.39 Å². The summed E-state index contributed by atoms with van der Waals surface area (Å²) in [7, 11) is 0. The standard InChI is InChI=1S/C15H21ClFN/c1-3-13(8-11-4-5-11)18-10(2)12-6-7-15(17)14(16)9-12/h6-7,9-11,13,18H,3-5,8H2,1-2H3. The van der Waals surface area contributed by atoms with Crippen LogP contribution in [0.4, 0.5) is 4.39 Å². The topological polar surface area (TPSA) is 12.0 Å². The van der Waals surface area contributed by atoms with Crippen LogP contribution in [0, 0.1) is 11.7 Å². The van der Waals surface area contributed by atoms with Crippen molar-refractivity contribution in [1.82, 2.24) is 5.32 Å². The predicted octanol–water partition coefficient (Wildman–Crippen LogP) is 4.71. The molecule has 1 saturated carbocycles. The molecule has 2 rings (SSSR count). The summed E-state index contributed by atoms with van der Waals surface area (Å²) in [6, 6.07) is 5.74. The Labute approximate surface area is 114 Å². The highest BCUT2D eigenvalue weighted by molar-refractivity contribution is 6.30. The molecule has 1 aromatic carbocycles. The van der Waals surface area contributed by atoms with E-state index < -0.39 is 0 Å². The molecule has 100 valence electrons. The summed E-state index contributed by atoms with van der Waals surface area (Å²) >= 11 is 5.82. The first-order valence-corrected chi connectivity index (χ1v) is 7.19. The van der Waals surface area contributed by atoms with E-state index in [0.29, 0.717) is 6.04 Å². The molecule has 1 aliphatic rings. The number of rotatable bonds is 6. The molecule has 3 heteroatoms. The van der Waals surface area contributed by atoms with Gasteiger partial charge in [0.1, 0.15) is 5.82 Å². The van der Waals surface area contributed by atoms with Crippen molar-refractivity contribution in [2.24, 2.45) is 5.92 Å². The lowest BCUT2D eigenvalue weighted by Crippen LogP contribution is -2.31. The molecule has 0 spiro atoms. The Morgan fingerprint density at radius 3 is 2.72 bits per heavy atom. The molecule has 0 saturated heterocycles. The van der Waals surface area contributed by atoms with Crippen LogP contribution in [0.3, 0.4) is 0 Å². The number of halogens is 2. The first-order valence-electron chi connectivity index (χ1n) is 6.81. The minimum Gasteiger partial charge on any atom is -0.307 e. The second-order valence-corrected chi connectivity index (χ2v) is 5.75. The molecule has 0 bridgehead atoms. The van der Waals surface area contributed by atoms with E-state index in [1.54, 1.807) is 6.07 Å². The van der Waals surface area contributed by atoms with Gasteiger partial charge in [-0.1, -0.05) is 37.4 Å². The van der Waals surface area contributed by atoms with Crippen molar-refractivity contribution in [1.29, 1.82) is 0 Å². The largest absolute Gasteiger partial charge is 0.307 e. The summed E-state index contributed by atoms with van der Waals surface area (Å²) in [5.41, 5.74) is 1.05. The highest BCUT2D eigenvalue weighted by atomic mass is 35.5. The van der Waals surface area contributed by atoms with Gasteiger partial charge >= 0.3 is 0 Å². The maximum atomic E-state index is 13.1. The number of hydrogen-bond donors (Lipinski definition) is 1. The fraction of sp³-hybridized carbons (Fsp3) is 0.600. The van der Waals surface area contributed by atoms with Crippen LogP contribution in [0.25, 0.3) is 0 Å². The highest BCUT2D eigenvalue weighted by Crippen LogP contribution is 2.34. The van der Waals surface area contributed by atoms with Gasteiger partial charge in [-0.15, -0.1) is 0 Å². The third-order valence-corrected chi connectivity index (χ3v) is 4.03. The Morgan fingerprint density at radius 1 is 1.44 bits per heavy atom. The Hall–Kier alpha value is -0.600. The third kappa shape index (κ3) is 3.69. The first-order chi connectivity index (χ1) is 8.60. The van der Waals surface area contributed by atoms with E-state index in [1.165, 1.54) is 25.3 Å². The molecule has 1 aromatic rings. The molecular formula is C15H21ClFN. The predicted molar refractivity (Wildman–Crippen MR) is 74.4 cm³/mol. The van der Waals surface area contributed by atoms with Crippen LogP contribution in [-0.4, -0.2) is 6.04 Å². The van der Waals surface area contributed by atoms with Crippen molar-refractivity contribution >= 4 is 11.6 Å². The Kier molecular flexibility index (Phi) is 4.63. The van der Waals surface area contributed by atoms with Crippen molar-refractivity contribution < 1.29 is 4.39 Å². The van der Waals surface area contributed by atoms with Gasteiger partial charge in [-0.3, -0.25) is 0 Å². The normalized spacial score (nSPS) is 18.7. The molecule has 0 amide bonds. The fourth-order valence-electron chi connectivity index (χ4n) is 2.34. The zero-order valence-electron chi connectivity index (χ0n) is 11.0. The Morgan fingerprint density at radius 2 is 2.17 bits per heavy atom. The smallest absolute Gasteiger partial charge is 0.141 e. The summed E-state index contributed by atoms with van der Waals surface area (Å²) in [5.74, 6) is 0.573. The highest BCUT2D eigenvalue weighted by Gasteiger charge is 2.25. The molecular weight excluding hydrogens is 249 g/mol. The molecule has 1 fully saturated rings. The van der Waals surface area contributed by atoms with Crippen LogP contribution in [0.2, 0.25) is 5.02 Å². The van der Waals surface area contributed by atoms with Gasteiger partial charge in [0.25, 0.3) is 0 Å². The zero-order valence-corrected chi connectivity index (χ0v) is 11.8. The van der Waals surface area contributed by atoms with Gasteiger partial charge in [-0.25, -0.2) is 4.39 Å². The van der Waals surface area contributed by atoms with E-state index in [1.807, 2.05) is 6.07 Å². The van der Waals surface area contributed by atoms with Crippen LogP contribution >= 0.6 is 11.6 Å². The number of hydrogen-bond acceptors (Lipinski definition) is 1. The summed E-state index contributed by atoms with van der Waals surface area (Å²) in [6.45, 7) is 4.32. The van der Waals surface area contributed by atoms with E-state index in [4.69, 9.17) is 11.6 Å². The van der Waals surface area contributed by atoms with Crippen LogP contribution in [0.5, 0.6) is 0 Å². The van der Waals surface area contributed by atoms with Gasteiger partial charge in [-0.2, -0.15) is 0 Å². The summed E-state index contributed by atoms with van der Waals surface area (Å²) in [4.78, 5) is 0. The van der Waals surface area contributed by atoms with Gasteiger partial charge in [0, 0.05) is 12.1 Å². The van der Waals surface area contributed by atoms with E-state index in [0.717, 1.165) is 17.9 Å². The Bertz CT molecular complexity index is 403. The van der Waals surface area contributed by atoms with Crippen LogP contribution in [0.15, 0.2) is 18.2 Å². The Balaban J connectivity index is 1.96. The van der Waals surface area contributed by atoms with E-state index in [2.05, 4.69) is 19.2 Å². The van der Waals surface area contributed by atoms with Gasteiger partial charge in [0.15, 0.2) is 0 Å². The summed E-state index contributed by atoms with van der Waals surface area (Å²) in [5, 5.41) is 3.82. The van der Waals surface area contributed by atoms with Gasteiger partial charge < -0.3 is 5.32 Å². The van der Waals surface area contributed by atoms with Crippen LogP contribution < -0.4 is 5.32 Å². The summed E-state index contributed by atoms with van der Waals surface area (Å²) in [6.07, 6.45) is 5.16. The second kappa shape index (κ2) is 6.03. The third-order valence-electron chi connectivity index (χ3n) is 3.74. The minimum absolute atomic E-state index is 0.205. The molecule has 2 unspecified atom stereocenters. The molecule has 0 radical (unpaired) electrons. The van der Waals surface area contributed by atoms with Crippen molar-refractivity contribution in [2.75, 3.05) is 0 Å². The van der Waals surface area contributed by atoms with Gasteiger partial charge in [0.05, 0.1) is 5.02 Å². The zero-order chi connectivity index (χ0) is 13.1. The second-order valence-electron chi connectivity index (χ2n) is 5.35. The lowest BCUT2D eigenvalue weighted by molar-refractivity contribution is 0.404. The minimum atomic E-state index is -0.349. The molecule has 2 atom stereocenters. The fourth-order valence-corrected chi connectivity index (χ4v) is 2.53. The maximum absolute atomic E-state index is 13.1. The average molecular weight is 270 g/mol. The van der Waals surface area contributed by atoms with Gasteiger partial charge in [0.2, 0.25) is 0 Å².